The molecule has 2 aromatic rings. The molecule has 7 nitrogen and oxygen atoms in total. The van der Waals surface area contributed by atoms with E-state index in [0.717, 1.165) is 54.2 Å². The Morgan fingerprint density at radius 2 is 1.80 bits per heavy atom. The smallest absolute Gasteiger partial charge is 0.239 e. The summed E-state index contributed by atoms with van der Waals surface area (Å²) in [5.41, 5.74) is 3.14. The Morgan fingerprint density at radius 1 is 1.07 bits per heavy atom. The molecular formula is C36H57FN4O3. The molecule has 0 spiro atoms. The molecule has 2 atom stereocenters. The molecule has 1 saturated carbocycles. The largest absolute Gasteiger partial charge is 0.492 e. The number of hydrogen-bond acceptors (Lipinski definition) is 5. The molecule has 2 aromatic carbocycles. The molecule has 44 heavy (non-hydrogen) atoms. The van der Waals surface area contributed by atoms with Crippen LogP contribution in [0.25, 0.3) is 0 Å². The molecule has 246 valence electrons. The second-order valence-corrected chi connectivity index (χ2v) is 11.6. The van der Waals surface area contributed by atoms with Crippen LogP contribution in [-0.4, -0.2) is 51.1 Å². The maximum Gasteiger partial charge on any atom is 0.239 e. The molecule has 4 N–H and O–H groups in total. The van der Waals surface area contributed by atoms with E-state index in [-0.39, 0.29) is 17.8 Å². The average molecular weight is 613 g/mol. The van der Waals surface area contributed by atoms with Crippen LogP contribution in [-0.2, 0) is 16.0 Å². The molecule has 0 saturated heterocycles. The molecule has 1 aliphatic rings. The van der Waals surface area contributed by atoms with Crippen LogP contribution in [0.1, 0.15) is 77.8 Å². The molecule has 2 unspecified atom stereocenters. The van der Waals surface area contributed by atoms with E-state index in [4.69, 9.17) is 4.74 Å². The van der Waals surface area contributed by atoms with Crippen LogP contribution in [0, 0.1) is 24.6 Å². The Bertz CT molecular complexity index is 1070. The topological polar surface area (TPSA) is 91.5 Å². The fraction of sp³-hybridized carbons (Fsp3) is 0.556. The zero-order valence-corrected chi connectivity index (χ0v) is 27.9. The quantitative estimate of drug-likeness (QED) is 0.117. The molecule has 0 bridgehead atoms. The average Bonchev–Trinajstić information content (AvgIpc) is 3.80. The van der Waals surface area contributed by atoms with Gasteiger partial charge in [0.25, 0.3) is 0 Å². The maximum absolute atomic E-state index is 12.2. The predicted octanol–water partition coefficient (Wildman–Crippen LogP) is 6.32. The molecule has 2 amide bonds. The van der Waals surface area contributed by atoms with Crippen molar-refractivity contribution in [2.45, 2.75) is 86.1 Å². The van der Waals surface area contributed by atoms with E-state index in [1.807, 2.05) is 31.2 Å². The lowest BCUT2D eigenvalue weighted by Gasteiger charge is -2.17. The number of ether oxygens (including phenoxy) is 1. The summed E-state index contributed by atoms with van der Waals surface area (Å²) in [7, 11) is 0. The monoisotopic (exact) mass is 612 g/mol. The number of aryl methyl sites for hydroxylation is 1. The van der Waals surface area contributed by atoms with Crippen LogP contribution in [0.2, 0.25) is 0 Å². The highest BCUT2D eigenvalue weighted by Crippen LogP contribution is 2.33. The van der Waals surface area contributed by atoms with Gasteiger partial charge in [0.05, 0.1) is 6.54 Å². The van der Waals surface area contributed by atoms with Crippen LogP contribution >= 0.6 is 0 Å². The fourth-order valence-corrected chi connectivity index (χ4v) is 4.46. The maximum atomic E-state index is 12.2. The minimum Gasteiger partial charge on any atom is -0.492 e. The lowest BCUT2D eigenvalue weighted by Crippen LogP contribution is -2.40. The molecule has 8 heteroatoms. The van der Waals surface area contributed by atoms with E-state index in [1.54, 1.807) is 6.07 Å². The van der Waals surface area contributed by atoms with Crippen molar-refractivity contribution >= 4 is 12.3 Å². The van der Waals surface area contributed by atoms with Crippen LogP contribution in [0.15, 0.2) is 60.3 Å². The van der Waals surface area contributed by atoms with Crippen molar-refractivity contribution in [3.05, 3.63) is 77.2 Å². The number of amides is 2. The van der Waals surface area contributed by atoms with Gasteiger partial charge in [0, 0.05) is 31.4 Å². The van der Waals surface area contributed by atoms with Crippen molar-refractivity contribution < 1.29 is 18.7 Å². The van der Waals surface area contributed by atoms with Gasteiger partial charge in [-0.3, -0.25) is 9.59 Å². The van der Waals surface area contributed by atoms with Crippen molar-refractivity contribution in [1.29, 1.82) is 0 Å². The second-order valence-electron chi connectivity index (χ2n) is 11.6. The van der Waals surface area contributed by atoms with Gasteiger partial charge in [-0.1, -0.05) is 83.4 Å². The zero-order chi connectivity index (χ0) is 32.6. The third-order valence-corrected chi connectivity index (χ3v) is 6.64. The summed E-state index contributed by atoms with van der Waals surface area (Å²) in [6.45, 7) is 15.3. The van der Waals surface area contributed by atoms with Gasteiger partial charge in [-0.15, -0.1) is 0 Å². The Kier molecular flexibility index (Phi) is 21.1. The number of carbonyl (C=O) groups excluding carboxylic acids is 2. The van der Waals surface area contributed by atoms with Gasteiger partial charge in [-0.25, -0.2) is 4.39 Å². The molecule has 0 heterocycles. The van der Waals surface area contributed by atoms with Crippen molar-refractivity contribution in [2.75, 3.05) is 32.8 Å². The van der Waals surface area contributed by atoms with Crippen molar-refractivity contribution in [3.63, 3.8) is 0 Å². The molecule has 3 rings (SSSR count). The third kappa shape index (κ3) is 19.7. The number of rotatable bonds is 18. The number of para-hydroxylation sites is 1. The first kappa shape index (κ1) is 38.6. The highest BCUT2D eigenvalue weighted by atomic mass is 19.1. The van der Waals surface area contributed by atoms with Crippen molar-refractivity contribution in [1.82, 2.24) is 21.3 Å². The van der Waals surface area contributed by atoms with Gasteiger partial charge in [0.15, 0.2) is 0 Å². The number of carbonyl (C=O) groups is 2. The first-order valence-electron chi connectivity index (χ1n) is 16.2. The second kappa shape index (κ2) is 24.0. The van der Waals surface area contributed by atoms with E-state index in [0.29, 0.717) is 38.7 Å². The Morgan fingerprint density at radius 3 is 2.41 bits per heavy atom. The number of benzene rings is 2. The summed E-state index contributed by atoms with van der Waals surface area (Å²) < 4.78 is 18.2. The summed E-state index contributed by atoms with van der Waals surface area (Å²) >= 11 is 0. The minimum atomic E-state index is -0.162. The molecule has 0 radical (unpaired) electrons. The third-order valence-electron chi connectivity index (χ3n) is 6.64. The SMILES string of the molecule is CC/C=C(/CNCCOc1ccccc1CC(C)CNC=O)NCC(=O)NC(C)CC1CC1.CCC.Cc1cccc(F)c1. The van der Waals surface area contributed by atoms with E-state index in [9.17, 15) is 14.0 Å². The molecule has 0 aliphatic heterocycles. The lowest BCUT2D eigenvalue weighted by atomic mass is 10.0. The van der Waals surface area contributed by atoms with E-state index >= 15 is 0 Å². The summed E-state index contributed by atoms with van der Waals surface area (Å²) in [6.07, 6.45) is 9.55. The summed E-state index contributed by atoms with van der Waals surface area (Å²) in [5, 5.41) is 12.5. The van der Waals surface area contributed by atoms with Crippen LogP contribution < -0.4 is 26.0 Å². The molecule has 0 aromatic heterocycles. The highest BCUT2D eigenvalue weighted by molar-refractivity contribution is 5.78. The summed E-state index contributed by atoms with van der Waals surface area (Å²) in [6, 6.07) is 14.8. The first-order valence-corrected chi connectivity index (χ1v) is 16.2. The van der Waals surface area contributed by atoms with Gasteiger partial charge < -0.3 is 26.0 Å². The van der Waals surface area contributed by atoms with E-state index in [1.165, 1.54) is 31.4 Å². The summed E-state index contributed by atoms with van der Waals surface area (Å²) in [5.74, 6) is 1.91. The Hall–Kier alpha value is -3.39. The zero-order valence-electron chi connectivity index (χ0n) is 27.9. The summed E-state index contributed by atoms with van der Waals surface area (Å²) in [4.78, 5) is 22.7. The normalized spacial score (nSPS) is 13.7. The molecule has 1 aliphatic carbocycles. The van der Waals surface area contributed by atoms with Gasteiger partial charge in [-0.05, 0) is 74.3 Å². The number of allylic oxidation sites excluding steroid dienone is 1. The van der Waals surface area contributed by atoms with Crippen molar-refractivity contribution in [3.8, 4) is 5.75 Å². The number of hydrogen-bond donors (Lipinski definition) is 4. The van der Waals surface area contributed by atoms with Crippen LogP contribution in [0.5, 0.6) is 5.75 Å². The van der Waals surface area contributed by atoms with E-state index in [2.05, 4.69) is 68.0 Å². The Balaban J connectivity index is 0.000000740. The standard InChI is InChI=1S/C26H42N4O3.C7H7F.C3H8/c1-4-7-24(29-18-26(32)30-21(3)15-22-10-11-22)17-27-12-13-33-25-9-6-5-8-23(25)14-20(2)16-28-19-31;1-6-3-2-4-7(8)5-6;1-3-2/h5-9,19-22,27,29H,4,10-18H2,1-3H3,(H,28,31)(H,30,32);2-5H,1H3;3H2,1-2H3/b24-7-;;. The van der Waals surface area contributed by atoms with Gasteiger partial charge in [0.1, 0.15) is 18.2 Å². The van der Waals surface area contributed by atoms with Gasteiger partial charge in [-0.2, -0.15) is 0 Å². The van der Waals surface area contributed by atoms with Crippen LogP contribution in [0.4, 0.5) is 4.39 Å². The van der Waals surface area contributed by atoms with Gasteiger partial charge in [0.2, 0.25) is 12.3 Å². The highest BCUT2D eigenvalue weighted by Gasteiger charge is 2.24. The number of nitrogens with one attached hydrogen (secondary N) is 4. The van der Waals surface area contributed by atoms with Crippen LogP contribution in [0.3, 0.4) is 0 Å². The fourth-order valence-electron chi connectivity index (χ4n) is 4.46. The van der Waals surface area contributed by atoms with Crippen molar-refractivity contribution in [2.24, 2.45) is 11.8 Å². The first-order chi connectivity index (χ1) is 21.2. The molecule has 1 fully saturated rings. The van der Waals surface area contributed by atoms with Gasteiger partial charge >= 0.3 is 0 Å². The Labute approximate surface area is 265 Å². The minimum absolute atomic E-state index is 0.0441. The predicted molar refractivity (Wildman–Crippen MR) is 180 cm³/mol. The lowest BCUT2D eigenvalue weighted by molar-refractivity contribution is -0.120. The molecular weight excluding hydrogens is 555 g/mol. The van der Waals surface area contributed by atoms with E-state index < -0.39 is 0 Å². The number of halogens is 1.